The molecule has 1 saturated heterocycles. The van der Waals surface area contributed by atoms with E-state index in [4.69, 9.17) is 14.6 Å². The van der Waals surface area contributed by atoms with E-state index in [-0.39, 0.29) is 23.6 Å². The predicted molar refractivity (Wildman–Crippen MR) is 97.4 cm³/mol. The molecule has 2 atom stereocenters. The van der Waals surface area contributed by atoms with Crippen LogP contribution in [0.3, 0.4) is 0 Å². The Hall–Kier alpha value is -2.71. The van der Waals surface area contributed by atoms with Crippen molar-refractivity contribution in [3.05, 3.63) is 47.3 Å². The second kappa shape index (κ2) is 8.32. The number of hydrogen-bond donors (Lipinski definition) is 2. The highest BCUT2D eigenvalue weighted by molar-refractivity contribution is 5.94. The van der Waals surface area contributed by atoms with Gasteiger partial charge in [-0.15, -0.1) is 0 Å². The molecule has 1 aliphatic rings. The van der Waals surface area contributed by atoms with Crippen molar-refractivity contribution in [3.8, 4) is 5.69 Å². The highest BCUT2D eigenvalue weighted by Crippen LogP contribution is 2.15. The van der Waals surface area contributed by atoms with Gasteiger partial charge < -0.3 is 19.9 Å². The van der Waals surface area contributed by atoms with Crippen molar-refractivity contribution in [3.63, 3.8) is 0 Å². The van der Waals surface area contributed by atoms with Gasteiger partial charge in [0.2, 0.25) is 0 Å². The highest BCUT2D eigenvalue weighted by atomic mass is 16.5. The molecule has 27 heavy (non-hydrogen) atoms. The molecule has 0 unspecified atom stereocenters. The summed E-state index contributed by atoms with van der Waals surface area (Å²) in [5.41, 5.74) is 1.88. The molecule has 2 heterocycles. The molecule has 0 saturated carbocycles. The number of carboxylic acid groups (broad SMARTS) is 1. The Kier molecular flexibility index (Phi) is 5.88. The zero-order valence-electron chi connectivity index (χ0n) is 15.3. The van der Waals surface area contributed by atoms with Crippen molar-refractivity contribution in [2.75, 3.05) is 19.8 Å². The number of nitrogens with one attached hydrogen (secondary N) is 1. The number of ether oxygens (including phenoxy) is 2. The van der Waals surface area contributed by atoms with Gasteiger partial charge in [-0.1, -0.05) is 0 Å². The van der Waals surface area contributed by atoms with Crippen LogP contribution in [0.4, 0.5) is 0 Å². The van der Waals surface area contributed by atoms with Crippen LogP contribution in [0.2, 0.25) is 0 Å². The molecule has 8 nitrogen and oxygen atoms in total. The van der Waals surface area contributed by atoms with E-state index in [2.05, 4.69) is 10.4 Å². The molecular formula is C19H23N3O5. The molecule has 0 aliphatic carbocycles. The van der Waals surface area contributed by atoms with Gasteiger partial charge in [0.25, 0.3) is 5.91 Å². The summed E-state index contributed by atoms with van der Waals surface area (Å²) >= 11 is 0. The van der Waals surface area contributed by atoms with E-state index in [9.17, 15) is 9.59 Å². The number of aromatic nitrogens is 2. The van der Waals surface area contributed by atoms with E-state index in [0.717, 1.165) is 13.0 Å². The van der Waals surface area contributed by atoms with Crippen LogP contribution in [-0.4, -0.2) is 58.7 Å². The molecule has 1 aromatic heterocycles. The molecule has 0 bridgehead atoms. The molecule has 1 amide bonds. The summed E-state index contributed by atoms with van der Waals surface area (Å²) in [5.74, 6) is -1.21. The smallest absolute Gasteiger partial charge is 0.339 e. The average molecular weight is 373 g/mol. The van der Waals surface area contributed by atoms with Crippen molar-refractivity contribution in [1.82, 2.24) is 15.1 Å². The summed E-state index contributed by atoms with van der Waals surface area (Å²) in [6.07, 6.45) is 2.31. The molecule has 1 fully saturated rings. The van der Waals surface area contributed by atoms with Gasteiger partial charge >= 0.3 is 5.97 Å². The van der Waals surface area contributed by atoms with Gasteiger partial charge in [0.1, 0.15) is 5.56 Å². The third-order valence-corrected chi connectivity index (χ3v) is 4.46. The molecule has 2 N–H and O–H groups in total. The summed E-state index contributed by atoms with van der Waals surface area (Å²) in [5, 5.41) is 16.1. The third-order valence-electron chi connectivity index (χ3n) is 4.46. The number of hydrogen-bond acceptors (Lipinski definition) is 5. The first-order valence-electron chi connectivity index (χ1n) is 8.84. The fourth-order valence-electron chi connectivity index (χ4n) is 2.91. The van der Waals surface area contributed by atoms with E-state index in [1.54, 1.807) is 31.2 Å². The van der Waals surface area contributed by atoms with Crippen LogP contribution in [0.1, 0.15) is 39.8 Å². The van der Waals surface area contributed by atoms with Crippen molar-refractivity contribution in [2.45, 2.75) is 32.4 Å². The summed E-state index contributed by atoms with van der Waals surface area (Å²) in [6.45, 7) is 5.35. The Bertz CT molecular complexity index is 809. The van der Waals surface area contributed by atoms with E-state index >= 15 is 0 Å². The predicted octanol–water partition coefficient (Wildman–Crippen LogP) is 1.80. The zero-order valence-corrected chi connectivity index (χ0v) is 15.3. The number of nitrogens with zero attached hydrogens (tertiary/aromatic N) is 2. The van der Waals surface area contributed by atoms with Gasteiger partial charge in [0.15, 0.2) is 0 Å². The molecule has 8 heteroatoms. The van der Waals surface area contributed by atoms with Gasteiger partial charge in [0.05, 0.1) is 36.9 Å². The number of carbonyl (C=O) groups is 2. The van der Waals surface area contributed by atoms with Crippen LogP contribution < -0.4 is 5.32 Å². The van der Waals surface area contributed by atoms with Gasteiger partial charge in [0, 0.05) is 18.2 Å². The van der Waals surface area contributed by atoms with E-state index < -0.39 is 5.97 Å². The van der Waals surface area contributed by atoms with Crippen LogP contribution in [0.15, 0.2) is 30.5 Å². The number of aromatic carboxylic acids is 1. The first kappa shape index (κ1) is 19.1. The summed E-state index contributed by atoms with van der Waals surface area (Å²) < 4.78 is 12.5. The topological polar surface area (TPSA) is 103 Å². The molecule has 144 valence electrons. The van der Waals surface area contributed by atoms with Crippen LogP contribution >= 0.6 is 0 Å². The molecule has 2 aromatic rings. The van der Waals surface area contributed by atoms with Crippen LogP contribution in [-0.2, 0) is 9.47 Å². The minimum atomic E-state index is -1.02. The highest BCUT2D eigenvalue weighted by Gasteiger charge is 2.18. The number of amides is 1. The molecule has 0 spiro atoms. The molecule has 0 radical (unpaired) electrons. The van der Waals surface area contributed by atoms with Crippen molar-refractivity contribution < 1.29 is 24.2 Å². The Morgan fingerprint density at radius 1 is 1.41 bits per heavy atom. The normalized spacial score (nSPS) is 17.6. The first-order chi connectivity index (χ1) is 13.0. The Morgan fingerprint density at radius 3 is 2.74 bits per heavy atom. The van der Waals surface area contributed by atoms with Crippen LogP contribution in [0, 0.1) is 6.92 Å². The number of carboxylic acids is 1. The lowest BCUT2D eigenvalue weighted by Crippen LogP contribution is -2.37. The maximum Gasteiger partial charge on any atom is 0.339 e. The van der Waals surface area contributed by atoms with E-state index in [0.29, 0.717) is 30.2 Å². The molecule has 1 aromatic carbocycles. The quantitative estimate of drug-likeness (QED) is 0.767. The SMILES string of the molecule is Cc1c(C(=O)O)cnn1-c1ccc(C(=O)N[C@@H](C)CO[C@H]2CCOC2)cc1. The Labute approximate surface area is 157 Å². The van der Waals surface area contributed by atoms with Crippen molar-refractivity contribution in [1.29, 1.82) is 0 Å². The fraction of sp³-hybridized carbons (Fsp3) is 0.421. The molecular weight excluding hydrogens is 350 g/mol. The lowest BCUT2D eigenvalue weighted by Gasteiger charge is -2.17. The number of carbonyl (C=O) groups excluding carboxylic acids is 1. The maximum absolute atomic E-state index is 12.4. The molecule has 1 aliphatic heterocycles. The Morgan fingerprint density at radius 2 is 2.15 bits per heavy atom. The fourth-order valence-corrected chi connectivity index (χ4v) is 2.91. The van der Waals surface area contributed by atoms with E-state index in [1.807, 2.05) is 6.92 Å². The van der Waals surface area contributed by atoms with Gasteiger partial charge in [-0.05, 0) is 44.5 Å². The maximum atomic E-state index is 12.4. The lowest BCUT2D eigenvalue weighted by atomic mass is 10.1. The largest absolute Gasteiger partial charge is 0.478 e. The average Bonchev–Trinajstić information content (AvgIpc) is 3.29. The Balaban J connectivity index is 1.59. The van der Waals surface area contributed by atoms with Crippen molar-refractivity contribution in [2.24, 2.45) is 0 Å². The standard InChI is InChI=1S/C19H23N3O5/c1-12(10-27-16-7-8-26-11-16)21-18(23)14-3-5-15(6-4-14)22-13(2)17(9-20-22)19(24)25/h3-6,9,12,16H,7-8,10-11H2,1-2H3,(H,21,23)(H,24,25)/t12-,16-/m0/s1. The van der Waals surface area contributed by atoms with Gasteiger partial charge in [-0.25, -0.2) is 9.48 Å². The van der Waals surface area contributed by atoms with Crippen LogP contribution in [0.5, 0.6) is 0 Å². The second-order valence-electron chi connectivity index (χ2n) is 6.60. The third kappa shape index (κ3) is 4.53. The summed E-state index contributed by atoms with van der Waals surface area (Å²) in [4.78, 5) is 23.5. The second-order valence-corrected chi connectivity index (χ2v) is 6.60. The minimum Gasteiger partial charge on any atom is -0.478 e. The minimum absolute atomic E-state index is 0.108. The summed E-state index contributed by atoms with van der Waals surface area (Å²) in [7, 11) is 0. The molecule has 3 rings (SSSR count). The number of rotatable bonds is 7. The van der Waals surface area contributed by atoms with Gasteiger partial charge in [-0.3, -0.25) is 4.79 Å². The lowest BCUT2D eigenvalue weighted by molar-refractivity contribution is 0.0318. The van der Waals surface area contributed by atoms with Gasteiger partial charge in [-0.2, -0.15) is 5.10 Å². The first-order valence-corrected chi connectivity index (χ1v) is 8.84. The van der Waals surface area contributed by atoms with Crippen LogP contribution in [0.25, 0.3) is 5.69 Å². The zero-order chi connectivity index (χ0) is 19.4. The van der Waals surface area contributed by atoms with Crippen molar-refractivity contribution >= 4 is 11.9 Å². The monoisotopic (exact) mass is 373 g/mol. The number of benzene rings is 1. The van der Waals surface area contributed by atoms with E-state index in [1.165, 1.54) is 10.9 Å². The summed E-state index contributed by atoms with van der Waals surface area (Å²) in [6, 6.07) is 6.72.